The third-order valence-electron chi connectivity index (χ3n) is 2.88. The van der Waals surface area contributed by atoms with Crippen molar-refractivity contribution in [3.05, 3.63) is 69.8 Å². The molecule has 4 heteroatoms. The quantitative estimate of drug-likeness (QED) is 0.605. The number of nitro benzene ring substituents is 1. The highest BCUT2D eigenvalue weighted by Gasteiger charge is 2.13. The zero-order chi connectivity index (χ0) is 13.7. The van der Waals surface area contributed by atoms with Crippen molar-refractivity contribution in [3.63, 3.8) is 0 Å². The lowest BCUT2D eigenvalue weighted by molar-refractivity contribution is -0.385. The first kappa shape index (κ1) is 13.1. The fraction of sp³-hybridized carbons (Fsp3) is 0.200. The minimum atomic E-state index is -0.367. The van der Waals surface area contributed by atoms with Gasteiger partial charge >= 0.3 is 0 Å². The zero-order valence-electron chi connectivity index (χ0n) is 10.7. The molecule has 0 radical (unpaired) electrons. The monoisotopic (exact) mass is 257 g/mol. The van der Waals surface area contributed by atoms with Crippen LogP contribution in [-0.2, 0) is 13.0 Å². The molecule has 2 aromatic rings. The minimum Gasteiger partial charge on any atom is -0.489 e. The van der Waals surface area contributed by atoms with Gasteiger partial charge < -0.3 is 4.74 Å². The molecular weight excluding hydrogens is 242 g/mol. The molecule has 0 atom stereocenters. The van der Waals surface area contributed by atoms with Crippen LogP contribution in [0, 0.1) is 10.1 Å². The van der Waals surface area contributed by atoms with Gasteiger partial charge in [0.05, 0.1) is 11.0 Å². The molecule has 19 heavy (non-hydrogen) atoms. The molecule has 0 unspecified atom stereocenters. The summed E-state index contributed by atoms with van der Waals surface area (Å²) in [5.74, 6) is 0.521. The Morgan fingerprint density at radius 1 is 1.16 bits per heavy atom. The molecule has 0 heterocycles. The molecular formula is C15H15NO3. The highest BCUT2D eigenvalue weighted by Crippen LogP contribution is 2.25. The van der Waals surface area contributed by atoms with E-state index in [-0.39, 0.29) is 10.6 Å². The van der Waals surface area contributed by atoms with E-state index in [0.29, 0.717) is 18.8 Å². The first-order valence-corrected chi connectivity index (χ1v) is 6.14. The number of aryl methyl sites for hydroxylation is 1. The SMILES string of the molecule is CCc1ccc(OCc2ccccc2)cc1[N+](=O)[O-]. The molecule has 0 N–H and O–H groups in total. The van der Waals surface area contributed by atoms with Gasteiger partial charge in [0.15, 0.2) is 0 Å². The van der Waals surface area contributed by atoms with Gasteiger partial charge in [0.2, 0.25) is 0 Å². The fourth-order valence-electron chi connectivity index (χ4n) is 1.84. The Bertz CT molecular complexity index is 567. The third kappa shape index (κ3) is 3.31. The minimum absolute atomic E-state index is 0.119. The lowest BCUT2D eigenvalue weighted by Gasteiger charge is -2.07. The van der Waals surface area contributed by atoms with Gasteiger partial charge in [0.25, 0.3) is 5.69 Å². The number of rotatable bonds is 5. The van der Waals surface area contributed by atoms with Gasteiger partial charge in [-0.25, -0.2) is 0 Å². The van der Waals surface area contributed by atoms with Crippen molar-refractivity contribution in [1.82, 2.24) is 0 Å². The van der Waals surface area contributed by atoms with Crippen LogP contribution in [0.25, 0.3) is 0 Å². The first-order chi connectivity index (χ1) is 9.20. The van der Waals surface area contributed by atoms with Crippen LogP contribution < -0.4 is 4.74 Å². The molecule has 0 aliphatic heterocycles. The molecule has 0 aliphatic rings. The maximum absolute atomic E-state index is 11.0. The maximum Gasteiger partial charge on any atom is 0.276 e. The smallest absolute Gasteiger partial charge is 0.276 e. The molecule has 0 aromatic heterocycles. The van der Waals surface area contributed by atoms with Crippen molar-refractivity contribution in [2.24, 2.45) is 0 Å². The van der Waals surface area contributed by atoms with Gasteiger partial charge in [-0.15, -0.1) is 0 Å². The fourth-order valence-corrected chi connectivity index (χ4v) is 1.84. The molecule has 4 nitrogen and oxygen atoms in total. The molecule has 98 valence electrons. The summed E-state index contributed by atoms with van der Waals surface area (Å²) in [5, 5.41) is 11.0. The average Bonchev–Trinajstić information content (AvgIpc) is 2.46. The van der Waals surface area contributed by atoms with Crippen molar-refractivity contribution in [3.8, 4) is 5.75 Å². The van der Waals surface area contributed by atoms with Gasteiger partial charge in [-0.1, -0.05) is 37.3 Å². The van der Waals surface area contributed by atoms with E-state index in [1.165, 1.54) is 6.07 Å². The van der Waals surface area contributed by atoms with Crippen LogP contribution in [0.3, 0.4) is 0 Å². The summed E-state index contributed by atoms with van der Waals surface area (Å²) in [7, 11) is 0. The Labute approximate surface area is 111 Å². The summed E-state index contributed by atoms with van der Waals surface area (Å²) in [5.41, 5.74) is 1.87. The van der Waals surface area contributed by atoms with Crippen molar-refractivity contribution in [2.45, 2.75) is 20.0 Å². The predicted octanol–water partition coefficient (Wildman–Crippen LogP) is 3.74. The van der Waals surface area contributed by atoms with Gasteiger partial charge in [-0.05, 0) is 24.1 Å². The standard InChI is InChI=1S/C15H15NO3/c1-2-13-8-9-14(10-15(13)16(17)18)19-11-12-6-4-3-5-7-12/h3-10H,2,11H2,1H3. The molecule has 2 aromatic carbocycles. The predicted molar refractivity (Wildman–Crippen MR) is 73.2 cm³/mol. The molecule has 0 saturated carbocycles. The van der Waals surface area contributed by atoms with Crippen LogP contribution in [0.1, 0.15) is 18.1 Å². The van der Waals surface area contributed by atoms with E-state index in [0.717, 1.165) is 11.1 Å². The molecule has 2 rings (SSSR count). The van der Waals surface area contributed by atoms with E-state index in [1.54, 1.807) is 12.1 Å². The van der Waals surface area contributed by atoms with E-state index in [1.807, 2.05) is 37.3 Å². The molecule has 0 aliphatic carbocycles. The molecule has 0 amide bonds. The topological polar surface area (TPSA) is 52.4 Å². The first-order valence-electron chi connectivity index (χ1n) is 6.14. The van der Waals surface area contributed by atoms with Crippen LogP contribution >= 0.6 is 0 Å². The van der Waals surface area contributed by atoms with Crippen molar-refractivity contribution < 1.29 is 9.66 Å². The molecule has 0 saturated heterocycles. The number of ether oxygens (including phenoxy) is 1. The summed E-state index contributed by atoms with van der Waals surface area (Å²) in [4.78, 5) is 10.6. The summed E-state index contributed by atoms with van der Waals surface area (Å²) in [6.07, 6.45) is 0.634. The Kier molecular flexibility index (Phi) is 4.13. The number of hydrogen-bond acceptors (Lipinski definition) is 3. The van der Waals surface area contributed by atoms with Crippen molar-refractivity contribution in [2.75, 3.05) is 0 Å². The van der Waals surface area contributed by atoms with E-state index < -0.39 is 0 Å². The summed E-state index contributed by atoms with van der Waals surface area (Å²) < 4.78 is 5.58. The van der Waals surface area contributed by atoms with Crippen LogP contribution in [0.15, 0.2) is 48.5 Å². The lowest BCUT2D eigenvalue weighted by Crippen LogP contribution is -1.98. The van der Waals surface area contributed by atoms with E-state index in [2.05, 4.69) is 0 Å². The number of benzene rings is 2. The van der Waals surface area contributed by atoms with Crippen LogP contribution in [0.5, 0.6) is 5.75 Å². The van der Waals surface area contributed by atoms with Crippen LogP contribution in [0.2, 0.25) is 0 Å². The largest absolute Gasteiger partial charge is 0.489 e. The highest BCUT2D eigenvalue weighted by atomic mass is 16.6. The lowest BCUT2D eigenvalue weighted by atomic mass is 10.1. The normalized spacial score (nSPS) is 10.2. The Morgan fingerprint density at radius 2 is 1.89 bits per heavy atom. The van der Waals surface area contributed by atoms with Gasteiger partial charge in [-0.2, -0.15) is 0 Å². The summed E-state index contributed by atoms with van der Waals surface area (Å²) in [6.45, 7) is 2.30. The van der Waals surface area contributed by atoms with Gasteiger partial charge in [0.1, 0.15) is 12.4 Å². The number of nitrogens with zero attached hydrogens (tertiary/aromatic N) is 1. The molecule has 0 bridgehead atoms. The summed E-state index contributed by atoms with van der Waals surface area (Å²) >= 11 is 0. The van der Waals surface area contributed by atoms with Crippen LogP contribution in [-0.4, -0.2) is 4.92 Å². The highest BCUT2D eigenvalue weighted by molar-refractivity contribution is 5.46. The average molecular weight is 257 g/mol. The molecule has 0 spiro atoms. The molecule has 0 fully saturated rings. The van der Waals surface area contributed by atoms with E-state index in [9.17, 15) is 10.1 Å². The second-order valence-electron chi connectivity index (χ2n) is 4.18. The second kappa shape index (κ2) is 6.00. The summed E-state index contributed by atoms with van der Waals surface area (Å²) in [6, 6.07) is 14.7. The van der Waals surface area contributed by atoms with Crippen molar-refractivity contribution >= 4 is 5.69 Å². The Hall–Kier alpha value is -2.36. The van der Waals surface area contributed by atoms with Crippen LogP contribution in [0.4, 0.5) is 5.69 Å². The van der Waals surface area contributed by atoms with Crippen molar-refractivity contribution in [1.29, 1.82) is 0 Å². The van der Waals surface area contributed by atoms with E-state index >= 15 is 0 Å². The second-order valence-corrected chi connectivity index (χ2v) is 4.18. The maximum atomic E-state index is 11.0. The Morgan fingerprint density at radius 3 is 2.53 bits per heavy atom. The van der Waals surface area contributed by atoms with E-state index in [4.69, 9.17) is 4.74 Å². The third-order valence-corrected chi connectivity index (χ3v) is 2.88. The van der Waals surface area contributed by atoms with Gasteiger partial charge in [0, 0.05) is 5.56 Å². The zero-order valence-corrected chi connectivity index (χ0v) is 10.7. The Balaban J connectivity index is 2.13. The number of nitro groups is 1. The van der Waals surface area contributed by atoms with Gasteiger partial charge in [-0.3, -0.25) is 10.1 Å². The number of hydrogen-bond donors (Lipinski definition) is 0.